The number of aryl methyl sites for hydroxylation is 1. The highest BCUT2D eigenvalue weighted by molar-refractivity contribution is 8.00. The molecule has 1 aromatic heterocycles. The van der Waals surface area contributed by atoms with Crippen LogP contribution in [0.5, 0.6) is 0 Å². The Hall–Kier alpha value is -3.07. The van der Waals surface area contributed by atoms with E-state index in [1.165, 1.54) is 17.8 Å². The summed E-state index contributed by atoms with van der Waals surface area (Å²) >= 11 is 1.41. The number of hydrogen-bond donors (Lipinski definition) is 2. The van der Waals surface area contributed by atoms with Crippen molar-refractivity contribution >= 4 is 41.1 Å². The van der Waals surface area contributed by atoms with Crippen molar-refractivity contribution in [3.05, 3.63) is 46.3 Å². The molecular formula is C21H22N2O6S. The molecule has 1 aromatic carbocycles. The molecule has 0 saturated heterocycles. The highest BCUT2D eigenvalue weighted by Crippen LogP contribution is 2.36. The third-order valence-electron chi connectivity index (χ3n) is 4.68. The lowest BCUT2D eigenvalue weighted by Crippen LogP contribution is -2.26. The van der Waals surface area contributed by atoms with Gasteiger partial charge in [-0.2, -0.15) is 0 Å². The molecule has 0 aliphatic carbocycles. The third kappa shape index (κ3) is 4.25. The van der Waals surface area contributed by atoms with Crippen molar-refractivity contribution in [2.75, 3.05) is 18.5 Å². The maximum atomic E-state index is 12.6. The zero-order valence-corrected chi connectivity index (χ0v) is 17.9. The molecule has 0 radical (unpaired) electrons. The minimum Gasteiger partial charge on any atom is -0.461 e. The highest BCUT2D eigenvalue weighted by Gasteiger charge is 2.26. The number of ketones is 1. The summed E-state index contributed by atoms with van der Waals surface area (Å²) in [6, 6.07) is 4.86. The number of carbonyl (C=O) groups is 4. The number of Topliss-reactive ketones (excluding diaryl/α,β-unsaturated/α-hetero) is 1. The molecule has 9 heteroatoms. The van der Waals surface area contributed by atoms with Gasteiger partial charge in [-0.1, -0.05) is 0 Å². The number of benzene rings is 1. The first-order valence-corrected chi connectivity index (χ1v) is 10.3. The van der Waals surface area contributed by atoms with Gasteiger partial charge in [0.25, 0.3) is 0 Å². The van der Waals surface area contributed by atoms with Crippen LogP contribution >= 0.6 is 11.8 Å². The van der Waals surface area contributed by atoms with Crippen molar-refractivity contribution in [3.8, 4) is 0 Å². The molecule has 2 N–H and O–H groups in total. The molecule has 1 aliphatic rings. The first kappa shape index (κ1) is 21.6. The number of hydrogen-bond acceptors (Lipinski definition) is 7. The summed E-state index contributed by atoms with van der Waals surface area (Å²) in [6.45, 7) is 6.53. The Morgan fingerprint density at radius 1 is 1.13 bits per heavy atom. The largest absolute Gasteiger partial charge is 0.461 e. The van der Waals surface area contributed by atoms with Crippen LogP contribution in [0.4, 0.5) is 5.69 Å². The Bertz CT molecular complexity index is 1040. The van der Waals surface area contributed by atoms with E-state index in [4.69, 9.17) is 9.47 Å². The molecular weight excluding hydrogens is 408 g/mol. The normalized spacial score (nSPS) is 15.2. The fraction of sp³-hybridized carbons (Fsp3) is 0.333. The van der Waals surface area contributed by atoms with Crippen LogP contribution in [-0.2, 0) is 14.3 Å². The van der Waals surface area contributed by atoms with E-state index in [1.807, 2.05) is 0 Å². The van der Waals surface area contributed by atoms with E-state index in [0.717, 1.165) is 4.90 Å². The molecule has 2 heterocycles. The SMILES string of the molecule is CCOC(=O)c1[nH]c(C)c(C(=O)COC(=O)c2ccc3c(c2)NC(=O)[C@H](C)S3)c1C. The molecule has 8 nitrogen and oxygen atoms in total. The number of rotatable bonds is 6. The number of amides is 1. The molecule has 0 bridgehead atoms. The van der Waals surface area contributed by atoms with E-state index < -0.39 is 24.3 Å². The molecule has 158 valence electrons. The summed E-state index contributed by atoms with van der Waals surface area (Å²) in [5, 5.41) is 2.54. The van der Waals surface area contributed by atoms with E-state index in [-0.39, 0.29) is 29.0 Å². The van der Waals surface area contributed by atoms with Crippen molar-refractivity contribution < 1.29 is 28.7 Å². The van der Waals surface area contributed by atoms with Gasteiger partial charge in [0.1, 0.15) is 5.69 Å². The highest BCUT2D eigenvalue weighted by atomic mass is 32.2. The molecule has 3 rings (SSSR count). The molecule has 1 aliphatic heterocycles. The van der Waals surface area contributed by atoms with Crippen molar-refractivity contribution in [3.63, 3.8) is 0 Å². The van der Waals surface area contributed by atoms with Gasteiger partial charge in [0.15, 0.2) is 6.61 Å². The van der Waals surface area contributed by atoms with E-state index >= 15 is 0 Å². The summed E-state index contributed by atoms with van der Waals surface area (Å²) in [4.78, 5) is 52.6. The Morgan fingerprint density at radius 2 is 1.87 bits per heavy atom. The quantitative estimate of drug-likeness (QED) is 0.534. The summed E-state index contributed by atoms with van der Waals surface area (Å²) in [5.74, 6) is -1.79. The van der Waals surface area contributed by atoms with Gasteiger partial charge in [-0.15, -0.1) is 11.8 Å². The minimum atomic E-state index is -0.680. The van der Waals surface area contributed by atoms with Gasteiger partial charge in [-0.3, -0.25) is 9.59 Å². The molecule has 0 fully saturated rings. The zero-order valence-electron chi connectivity index (χ0n) is 17.1. The third-order valence-corrected chi connectivity index (χ3v) is 5.85. The summed E-state index contributed by atoms with van der Waals surface area (Å²) in [6.07, 6.45) is 0. The first-order chi connectivity index (χ1) is 14.2. The standard InChI is InChI=1S/C21H22N2O6S/c1-5-28-21(27)18-10(2)17(11(3)22-18)15(24)9-29-20(26)13-6-7-16-14(8-13)23-19(25)12(4)30-16/h6-8,12,22H,5,9H2,1-4H3,(H,23,25)/t12-/m0/s1. The van der Waals surface area contributed by atoms with Crippen molar-refractivity contribution in [2.45, 2.75) is 37.8 Å². The Balaban J connectivity index is 1.70. The first-order valence-electron chi connectivity index (χ1n) is 9.41. The van der Waals surface area contributed by atoms with Crippen LogP contribution in [0.2, 0.25) is 0 Å². The summed E-state index contributed by atoms with van der Waals surface area (Å²) < 4.78 is 10.1. The lowest BCUT2D eigenvalue weighted by molar-refractivity contribution is -0.115. The number of aromatic amines is 1. The molecule has 0 spiro atoms. The number of nitrogens with one attached hydrogen (secondary N) is 2. The monoisotopic (exact) mass is 430 g/mol. The summed E-state index contributed by atoms with van der Waals surface area (Å²) in [5.41, 5.74) is 2.23. The van der Waals surface area contributed by atoms with Gasteiger partial charge in [0.05, 0.1) is 23.1 Å². The fourth-order valence-electron chi connectivity index (χ4n) is 3.20. The van der Waals surface area contributed by atoms with Crippen LogP contribution in [0.25, 0.3) is 0 Å². The molecule has 0 saturated carbocycles. The predicted octanol–water partition coefficient (Wildman–Crippen LogP) is 3.28. The molecule has 30 heavy (non-hydrogen) atoms. The van der Waals surface area contributed by atoms with Gasteiger partial charge in [-0.05, 0) is 51.5 Å². The Morgan fingerprint density at radius 3 is 2.57 bits per heavy atom. The van der Waals surface area contributed by atoms with Gasteiger partial charge in [0.2, 0.25) is 11.7 Å². The van der Waals surface area contributed by atoms with E-state index in [9.17, 15) is 19.2 Å². The number of esters is 2. The second-order valence-corrected chi connectivity index (χ2v) is 8.19. The average molecular weight is 430 g/mol. The van der Waals surface area contributed by atoms with E-state index in [0.29, 0.717) is 22.5 Å². The van der Waals surface area contributed by atoms with Gasteiger partial charge in [0, 0.05) is 16.2 Å². The molecule has 1 atom stereocenters. The van der Waals surface area contributed by atoms with Gasteiger partial charge in [-0.25, -0.2) is 9.59 Å². The lowest BCUT2D eigenvalue weighted by atomic mass is 10.1. The second-order valence-electron chi connectivity index (χ2n) is 6.81. The molecule has 2 aromatic rings. The number of aromatic nitrogens is 1. The van der Waals surface area contributed by atoms with E-state index in [2.05, 4.69) is 10.3 Å². The molecule has 1 amide bonds. The number of fused-ring (bicyclic) bond motifs is 1. The maximum absolute atomic E-state index is 12.6. The minimum absolute atomic E-state index is 0.135. The number of anilines is 1. The van der Waals surface area contributed by atoms with Gasteiger partial charge < -0.3 is 19.8 Å². The van der Waals surface area contributed by atoms with Crippen LogP contribution in [-0.4, -0.2) is 47.1 Å². The van der Waals surface area contributed by atoms with Crippen LogP contribution in [0, 0.1) is 13.8 Å². The average Bonchev–Trinajstić information content (AvgIpc) is 3.01. The van der Waals surface area contributed by atoms with Crippen LogP contribution < -0.4 is 5.32 Å². The molecule has 0 unspecified atom stereocenters. The van der Waals surface area contributed by atoms with Crippen LogP contribution in [0.15, 0.2) is 23.1 Å². The van der Waals surface area contributed by atoms with Crippen molar-refractivity contribution in [1.82, 2.24) is 4.98 Å². The summed E-state index contributed by atoms with van der Waals surface area (Å²) in [7, 11) is 0. The number of H-pyrrole nitrogens is 1. The fourth-order valence-corrected chi connectivity index (χ4v) is 4.13. The predicted molar refractivity (Wildman–Crippen MR) is 111 cm³/mol. The second kappa shape index (κ2) is 8.74. The van der Waals surface area contributed by atoms with Gasteiger partial charge >= 0.3 is 11.9 Å². The zero-order chi connectivity index (χ0) is 22.0. The van der Waals surface area contributed by atoms with Crippen molar-refractivity contribution in [1.29, 1.82) is 0 Å². The smallest absolute Gasteiger partial charge is 0.355 e. The maximum Gasteiger partial charge on any atom is 0.355 e. The lowest BCUT2D eigenvalue weighted by Gasteiger charge is -2.21. The number of ether oxygens (including phenoxy) is 2. The Labute approximate surface area is 177 Å². The number of thioether (sulfide) groups is 1. The Kier molecular flexibility index (Phi) is 6.31. The van der Waals surface area contributed by atoms with E-state index in [1.54, 1.807) is 39.8 Å². The number of carbonyl (C=O) groups excluding carboxylic acids is 4. The van der Waals surface area contributed by atoms with Crippen LogP contribution in [0.3, 0.4) is 0 Å². The van der Waals surface area contributed by atoms with Crippen molar-refractivity contribution in [2.24, 2.45) is 0 Å². The topological polar surface area (TPSA) is 115 Å². The van der Waals surface area contributed by atoms with Crippen LogP contribution in [0.1, 0.15) is 56.3 Å².